The summed E-state index contributed by atoms with van der Waals surface area (Å²) in [6.45, 7) is 8.08. The van der Waals surface area contributed by atoms with Crippen LogP contribution >= 0.6 is 11.6 Å². The molecule has 0 aromatic carbocycles. The van der Waals surface area contributed by atoms with E-state index in [1.54, 1.807) is 0 Å². The molecule has 0 aliphatic heterocycles. The van der Waals surface area contributed by atoms with Crippen LogP contribution < -0.4 is 0 Å². The van der Waals surface area contributed by atoms with Gasteiger partial charge in [0.1, 0.15) is 5.06 Å². The van der Waals surface area contributed by atoms with Crippen molar-refractivity contribution >= 4 is 11.6 Å². The first kappa shape index (κ1) is 10.2. The van der Waals surface area contributed by atoms with Crippen molar-refractivity contribution in [2.75, 3.05) is 0 Å². The molecular weight excluding hydrogens is 148 g/mol. The molecule has 1 nitrogen and oxygen atoms in total. The number of hydrogen-bond donors (Lipinski definition) is 1. The van der Waals surface area contributed by atoms with Gasteiger partial charge in [-0.25, -0.2) is 0 Å². The highest BCUT2D eigenvalue weighted by atomic mass is 35.5. The summed E-state index contributed by atoms with van der Waals surface area (Å²) in [7, 11) is 0. The number of hydrogen-bond acceptors (Lipinski definition) is 1. The lowest BCUT2D eigenvalue weighted by Gasteiger charge is -2.27. The molecule has 0 spiro atoms. The SMILES string of the molecule is CCC(O)(Cl)CC(C)(C)C. The summed E-state index contributed by atoms with van der Waals surface area (Å²) in [4.78, 5) is 0. The van der Waals surface area contributed by atoms with E-state index in [1.807, 2.05) is 6.92 Å². The molecular formula is C8H17ClO. The summed E-state index contributed by atoms with van der Waals surface area (Å²) in [6, 6.07) is 0. The van der Waals surface area contributed by atoms with Crippen molar-refractivity contribution in [3.8, 4) is 0 Å². The Balaban J connectivity index is 3.89. The van der Waals surface area contributed by atoms with Gasteiger partial charge in [-0.2, -0.15) is 0 Å². The van der Waals surface area contributed by atoms with Crippen molar-refractivity contribution in [1.29, 1.82) is 0 Å². The molecule has 0 heterocycles. The minimum atomic E-state index is -1.00. The zero-order chi connectivity index (χ0) is 8.41. The molecule has 2 heteroatoms. The van der Waals surface area contributed by atoms with Gasteiger partial charge in [-0.3, -0.25) is 0 Å². The summed E-state index contributed by atoms with van der Waals surface area (Å²) in [5.74, 6) is 0. The summed E-state index contributed by atoms with van der Waals surface area (Å²) >= 11 is 5.76. The molecule has 0 saturated heterocycles. The van der Waals surface area contributed by atoms with E-state index in [9.17, 15) is 5.11 Å². The van der Waals surface area contributed by atoms with E-state index >= 15 is 0 Å². The molecule has 0 fully saturated rings. The van der Waals surface area contributed by atoms with Crippen molar-refractivity contribution in [3.63, 3.8) is 0 Å². The molecule has 0 saturated carbocycles. The fourth-order valence-electron chi connectivity index (χ4n) is 0.938. The summed E-state index contributed by atoms with van der Waals surface area (Å²) < 4.78 is 0. The Kier molecular flexibility index (Phi) is 3.18. The van der Waals surface area contributed by atoms with Crippen molar-refractivity contribution in [1.82, 2.24) is 0 Å². The average molecular weight is 165 g/mol. The highest BCUT2D eigenvalue weighted by Crippen LogP contribution is 2.31. The van der Waals surface area contributed by atoms with Gasteiger partial charge in [0.25, 0.3) is 0 Å². The lowest BCUT2D eigenvalue weighted by atomic mass is 9.88. The fourth-order valence-corrected chi connectivity index (χ4v) is 1.34. The number of aliphatic hydroxyl groups is 1. The average Bonchev–Trinajstić information content (AvgIpc) is 1.60. The van der Waals surface area contributed by atoms with Gasteiger partial charge in [0.05, 0.1) is 0 Å². The predicted molar refractivity (Wildman–Crippen MR) is 45.2 cm³/mol. The van der Waals surface area contributed by atoms with E-state index in [0.717, 1.165) is 0 Å². The molecule has 0 aromatic heterocycles. The Labute approximate surface area is 68.4 Å². The number of alkyl halides is 1. The molecule has 1 N–H and O–H groups in total. The Bertz CT molecular complexity index is 102. The maximum absolute atomic E-state index is 9.42. The van der Waals surface area contributed by atoms with E-state index in [1.165, 1.54) is 0 Å². The van der Waals surface area contributed by atoms with E-state index in [2.05, 4.69) is 20.8 Å². The van der Waals surface area contributed by atoms with Crippen molar-refractivity contribution in [2.24, 2.45) is 5.41 Å². The lowest BCUT2D eigenvalue weighted by molar-refractivity contribution is 0.0766. The second-order valence-electron chi connectivity index (χ2n) is 4.01. The first-order chi connectivity index (χ1) is 4.27. The van der Waals surface area contributed by atoms with Gasteiger partial charge < -0.3 is 5.11 Å². The molecule has 1 unspecified atom stereocenters. The van der Waals surface area contributed by atoms with Crippen LogP contribution in [-0.2, 0) is 0 Å². The molecule has 0 aromatic rings. The van der Waals surface area contributed by atoms with E-state index in [0.29, 0.717) is 12.8 Å². The van der Waals surface area contributed by atoms with Gasteiger partial charge in [-0.1, -0.05) is 39.3 Å². The quantitative estimate of drug-likeness (QED) is 0.623. The summed E-state index contributed by atoms with van der Waals surface area (Å²) in [6.07, 6.45) is 1.24. The molecule has 0 bridgehead atoms. The highest BCUT2D eigenvalue weighted by Gasteiger charge is 2.27. The molecule has 0 amide bonds. The third-order valence-corrected chi connectivity index (χ3v) is 1.74. The van der Waals surface area contributed by atoms with E-state index in [4.69, 9.17) is 11.6 Å². The van der Waals surface area contributed by atoms with Crippen molar-refractivity contribution < 1.29 is 5.11 Å². The van der Waals surface area contributed by atoms with Gasteiger partial charge in [0.2, 0.25) is 0 Å². The van der Waals surface area contributed by atoms with Gasteiger partial charge in [-0.15, -0.1) is 0 Å². The zero-order valence-corrected chi connectivity index (χ0v) is 8.00. The van der Waals surface area contributed by atoms with Crippen LogP contribution in [0.3, 0.4) is 0 Å². The number of halogens is 1. The van der Waals surface area contributed by atoms with Gasteiger partial charge >= 0.3 is 0 Å². The van der Waals surface area contributed by atoms with Gasteiger partial charge in [-0.05, 0) is 18.3 Å². The monoisotopic (exact) mass is 164 g/mol. The minimum absolute atomic E-state index is 0.104. The largest absolute Gasteiger partial charge is 0.375 e. The smallest absolute Gasteiger partial charge is 0.138 e. The number of rotatable bonds is 2. The Morgan fingerprint density at radius 3 is 1.80 bits per heavy atom. The molecule has 0 radical (unpaired) electrons. The topological polar surface area (TPSA) is 20.2 Å². The van der Waals surface area contributed by atoms with Crippen LogP contribution in [0.4, 0.5) is 0 Å². The lowest BCUT2D eigenvalue weighted by Crippen LogP contribution is -2.26. The molecule has 62 valence electrons. The Morgan fingerprint density at radius 1 is 1.30 bits per heavy atom. The third-order valence-electron chi connectivity index (χ3n) is 1.34. The highest BCUT2D eigenvalue weighted by molar-refractivity contribution is 6.22. The predicted octanol–water partition coefficient (Wildman–Crippen LogP) is 2.76. The molecule has 0 aliphatic rings. The normalized spacial score (nSPS) is 18.6. The maximum atomic E-state index is 9.42. The van der Waals surface area contributed by atoms with Crippen LogP contribution in [0.2, 0.25) is 0 Å². The maximum Gasteiger partial charge on any atom is 0.138 e. The van der Waals surface area contributed by atoms with Crippen LogP contribution in [-0.4, -0.2) is 10.2 Å². The van der Waals surface area contributed by atoms with Gasteiger partial charge in [0.15, 0.2) is 0 Å². The first-order valence-corrected chi connectivity index (χ1v) is 4.06. The van der Waals surface area contributed by atoms with Crippen LogP contribution in [0, 0.1) is 5.41 Å². The van der Waals surface area contributed by atoms with Crippen molar-refractivity contribution in [3.05, 3.63) is 0 Å². The summed E-state index contributed by atoms with van der Waals surface area (Å²) in [5, 5.41) is 8.42. The van der Waals surface area contributed by atoms with Gasteiger partial charge in [0, 0.05) is 0 Å². The standard InChI is InChI=1S/C8H17ClO/c1-5-8(9,10)6-7(2,3)4/h10H,5-6H2,1-4H3. The van der Waals surface area contributed by atoms with Crippen LogP contribution in [0.25, 0.3) is 0 Å². The van der Waals surface area contributed by atoms with Crippen LogP contribution in [0.5, 0.6) is 0 Å². The Hall–Kier alpha value is 0.250. The minimum Gasteiger partial charge on any atom is -0.375 e. The molecule has 0 rings (SSSR count). The third kappa shape index (κ3) is 5.07. The van der Waals surface area contributed by atoms with Crippen LogP contribution in [0.1, 0.15) is 40.5 Å². The molecule has 0 aliphatic carbocycles. The van der Waals surface area contributed by atoms with E-state index < -0.39 is 5.06 Å². The first-order valence-electron chi connectivity index (χ1n) is 3.68. The fraction of sp³-hybridized carbons (Fsp3) is 1.00. The Morgan fingerprint density at radius 2 is 1.70 bits per heavy atom. The van der Waals surface area contributed by atoms with Crippen LogP contribution in [0.15, 0.2) is 0 Å². The molecule has 1 atom stereocenters. The second-order valence-corrected chi connectivity index (χ2v) is 4.71. The van der Waals surface area contributed by atoms with E-state index in [-0.39, 0.29) is 5.41 Å². The second kappa shape index (κ2) is 3.10. The molecule has 10 heavy (non-hydrogen) atoms. The van der Waals surface area contributed by atoms with Crippen molar-refractivity contribution in [2.45, 2.75) is 45.6 Å². The zero-order valence-electron chi connectivity index (χ0n) is 7.24. The summed E-state index contributed by atoms with van der Waals surface area (Å²) in [5.41, 5.74) is 0.104.